The van der Waals surface area contributed by atoms with Gasteiger partial charge >= 0.3 is 12.1 Å². The molecule has 1 N–H and O–H groups in total. The molecule has 5 heteroatoms. The second kappa shape index (κ2) is 7.98. The number of ether oxygens (including phenoxy) is 2. The molecule has 0 saturated heterocycles. The maximum Gasteiger partial charge on any atom is 0.417 e. The van der Waals surface area contributed by atoms with E-state index in [1.165, 1.54) is 0 Å². The third-order valence-corrected chi connectivity index (χ3v) is 3.21. The van der Waals surface area contributed by atoms with Gasteiger partial charge in [-0.3, -0.25) is 5.32 Å². The summed E-state index contributed by atoms with van der Waals surface area (Å²) in [5.41, 5.74) is 2.17. The van der Waals surface area contributed by atoms with E-state index in [2.05, 4.69) is 5.32 Å². The van der Waals surface area contributed by atoms with Crippen molar-refractivity contribution in [2.45, 2.75) is 20.3 Å². The van der Waals surface area contributed by atoms with Crippen molar-refractivity contribution >= 4 is 17.7 Å². The molecule has 0 bridgehead atoms. The van der Waals surface area contributed by atoms with Gasteiger partial charge in [-0.25, -0.2) is 9.59 Å². The molecule has 0 saturated carbocycles. The number of carbonyl (C=O) groups is 2. The molecule has 0 fully saturated rings. The molecule has 2 aromatic rings. The van der Waals surface area contributed by atoms with Crippen molar-refractivity contribution in [2.75, 3.05) is 11.9 Å². The van der Waals surface area contributed by atoms with Crippen LogP contribution in [-0.2, 0) is 11.2 Å². The van der Waals surface area contributed by atoms with Gasteiger partial charge in [0.1, 0.15) is 5.75 Å². The van der Waals surface area contributed by atoms with Crippen molar-refractivity contribution in [3.05, 3.63) is 59.7 Å². The SMILES string of the molecule is CCOC(=O)c1ccc(OC(=O)Nc2ccccc2CC)cc1. The van der Waals surface area contributed by atoms with Gasteiger partial charge in [0, 0.05) is 5.69 Å². The molecule has 2 rings (SSSR count). The number of para-hydroxylation sites is 1. The van der Waals surface area contributed by atoms with Crippen molar-refractivity contribution < 1.29 is 19.1 Å². The second-order valence-corrected chi connectivity index (χ2v) is 4.77. The third-order valence-electron chi connectivity index (χ3n) is 3.21. The molecule has 0 heterocycles. The number of hydrogen-bond acceptors (Lipinski definition) is 4. The maximum absolute atomic E-state index is 11.9. The summed E-state index contributed by atoms with van der Waals surface area (Å²) < 4.78 is 10.1. The van der Waals surface area contributed by atoms with Crippen LogP contribution < -0.4 is 10.1 Å². The lowest BCUT2D eigenvalue weighted by molar-refractivity contribution is 0.0526. The summed E-state index contributed by atoms with van der Waals surface area (Å²) in [5.74, 6) is -0.0510. The van der Waals surface area contributed by atoms with Crippen LogP contribution in [0.1, 0.15) is 29.8 Å². The fourth-order valence-electron chi connectivity index (χ4n) is 2.07. The lowest BCUT2D eigenvalue weighted by Gasteiger charge is -2.10. The molecule has 1 amide bonds. The van der Waals surface area contributed by atoms with Crippen molar-refractivity contribution in [1.29, 1.82) is 0 Å². The highest BCUT2D eigenvalue weighted by atomic mass is 16.6. The van der Waals surface area contributed by atoms with Crippen LogP contribution in [0.4, 0.5) is 10.5 Å². The van der Waals surface area contributed by atoms with Gasteiger partial charge in [-0.1, -0.05) is 25.1 Å². The first-order chi connectivity index (χ1) is 11.1. The summed E-state index contributed by atoms with van der Waals surface area (Å²) in [6.07, 6.45) is 0.236. The fourth-order valence-corrected chi connectivity index (χ4v) is 2.07. The first-order valence-electron chi connectivity index (χ1n) is 7.48. The lowest BCUT2D eigenvalue weighted by Crippen LogP contribution is -2.17. The number of anilines is 1. The maximum atomic E-state index is 11.9. The van der Waals surface area contributed by atoms with E-state index < -0.39 is 12.1 Å². The number of esters is 1. The van der Waals surface area contributed by atoms with Crippen molar-refractivity contribution in [2.24, 2.45) is 0 Å². The molecule has 120 valence electrons. The van der Waals surface area contributed by atoms with E-state index in [0.717, 1.165) is 17.7 Å². The molecule has 0 spiro atoms. The second-order valence-electron chi connectivity index (χ2n) is 4.77. The summed E-state index contributed by atoms with van der Waals surface area (Å²) in [5, 5.41) is 2.71. The van der Waals surface area contributed by atoms with Crippen LogP contribution in [0.5, 0.6) is 5.75 Å². The van der Waals surface area contributed by atoms with E-state index in [1.54, 1.807) is 31.2 Å². The average Bonchev–Trinajstić information content (AvgIpc) is 2.56. The van der Waals surface area contributed by atoms with Crippen molar-refractivity contribution in [3.63, 3.8) is 0 Å². The molecule has 0 aliphatic rings. The zero-order valence-electron chi connectivity index (χ0n) is 13.2. The lowest BCUT2D eigenvalue weighted by atomic mass is 10.1. The Bertz CT molecular complexity index is 680. The molecule has 0 radical (unpaired) electrons. The Labute approximate surface area is 135 Å². The smallest absolute Gasteiger partial charge is 0.417 e. The Morgan fingerprint density at radius 3 is 2.35 bits per heavy atom. The van der Waals surface area contributed by atoms with Gasteiger partial charge in [-0.2, -0.15) is 0 Å². The van der Waals surface area contributed by atoms with Crippen LogP contribution in [0, 0.1) is 0 Å². The Morgan fingerprint density at radius 2 is 1.70 bits per heavy atom. The summed E-state index contributed by atoms with van der Waals surface area (Å²) in [4.78, 5) is 23.5. The number of aryl methyl sites for hydroxylation is 1. The third kappa shape index (κ3) is 4.57. The number of nitrogens with one attached hydrogen (secondary N) is 1. The first kappa shape index (κ1) is 16.5. The minimum Gasteiger partial charge on any atom is -0.462 e. The molecule has 0 atom stereocenters. The molecule has 0 unspecified atom stereocenters. The largest absolute Gasteiger partial charge is 0.462 e. The standard InChI is InChI=1S/C18H19NO4/c1-3-13-7-5-6-8-16(13)19-18(21)23-15-11-9-14(10-12-15)17(20)22-4-2/h5-12H,3-4H2,1-2H3,(H,19,21). The molecule has 5 nitrogen and oxygen atoms in total. The molecule has 23 heavy (non-hydrogen) atoms. The topological polar surface area (TPSA) is 64.6 Å². The normalized spacial score (nSPS) is 10.0. The molecular formula is C18H19NO4. The van der Waals surface area contributed by atoms with Gasteiger partial charge < -0.3 is 9.47 Å². The Morgan fingerprint density at radius 1 is 1.00 bits per heavy atom. The fraction of sp³-hybridized carbons (Fsp3) is 0.222. The van der Waals surface area contributed by atoms with E-state index in [1.807, 2.05) is 31.2 Å². The summed E-state index contributed by atoms with van der Waals surface area (Å²) in [7, 11) is 0. The highest BCUT2D eigenvalue weighted by Gasteiger charge is 2.10. The van der Waals surface area contributed by atoms with Gasteiger partial charge in [0.05, 0.1) is 12.2 Å². The van der Waals surface area contributed by atoms with Crippen LogP contribution in [0.15, 0.2) is 48.5 Å². The quantitative estimate of drug-likeness (QED) is 0.846. The molecule has 0 aliphatic carbocycles. The Kier molecular flexibility index (Phi) is 5.74. The highest BCUT2D eigenvalue weighted by Crippen LogP contribution is 2.17. The van der Waals surface area contributed by atoms with E-state index in [0.29, 0.717) is 17.9 Å². The van der Waals surface area contributed by atoms with Gasteiger partial charge in [-0.15, -0.1) is 0 Å². The average molecular weight is 313 g/mol. The predicted molar refractivity (Wildman–Crippen MR) is 87.9 cm³/mol. The predicted octanol–water partition coefficient (Wildman–Crippen LogP) is 4.04. The van der Waals surface area contributed by atoms with Crippen molar-refractivity contribution in [1.82, 2.24) is 0 Å². The monoisotopic (exact) mass is 313 g/mol. The van der Waals surface area contributed by atoms with Gasteiger partial charge in [-0.05, 0) is 49.2 Å². The first-order valence-corrected chi connectivity index (χ1v) is 7.48. The van der Waals surface area contributed by atoms with Crippen molar-refractivity contribution in [3.8, 4) is 5.75 Å². The minimum atomic E-state index is -0.574. The number of hydrogen-bond donors (Lipinski definition) is 1. The van der Waals surface area contributed by atoms with Crippen LogP contribution in [-0.4, -0.2) is 18.7 Å². The number of benzene rings is 2. The van der Waals surface area contributed by atoms with Crippen LogP contribution in [0.25, 0.3) is 0 Å². The molecule has 0 aliphatic heterocycles. The number of carbonyl (C=O) groups excluding carboxylic acids is 2. The minimum absolute atomic E-state index is 0.316. The number of rotatable bonds is 5. The van der Waals surface area contributed by atoms with E-state index in [9.17, 15) is 9.59 Å². The van der Waals surface area contributed by atoms with Gasteiger partial charge in [0.15, 0.2) is 0 Å². The molecule has 2 aromatic carbocycles. The van der Waals surface area contributed by atoms with Crippen LogP contribution in [0.2, 0.25) is 0 Å². The zero-order valence-corrected chi connectivity index (χ0v) is 13.2. The molecular weight excluding hydrogens is 294 g/mol. The van der Waals surface area contributed by atoms with Crippen LogP contribution >= 0.6 is 0 Å². The molecule has 0 aromatic heterocycles. The zero-order chi connectivity index (χ0) is 16.7. The summed E-state index contributed by atoms with van der Waals surface area (Å²) in [6, 6.07) is 13.8. The van der Waals surface area contributed by atoms with E-state index in [4.69, 9.17) is 9.47 Å². The van der Waals surface area contributed by atoms with E-state index >= 15 is 0 Å². The van der Waals surface area contributed by atoms with Gasteiger partial charge in [0.2, 0.25) is 0 Å². The van der Waals surface area contributed by atoms with E-state index in [-0.39, 0.29) is 0 Å². The van der Waals surface area contributed by atoms with Crippen LogP contribution in [0.3, 0.4) is 0 Å². The Balaban J connectivity index is 1.99. The van der Waals surface area contributed by atoms with Gasteiger partial charge in [0.25, 0.3) is 0 Å². The summed E-state index contributed by atoms with van der Waals surface area (Å²) in [6.45, 7) is 4.07. The summed E-state index contributed by atoms with van der Waals surface area (Å²) >= 11 is 0. The Hall–Kier alpha value is -2.82. The highest BCUT2D eigenvalue weighted by molar-refractivity contribution is 5.90. The number of amides is 1.